The van der Waals surface area contributed by atoms with E-state index < -0.39 is 0 Å². The largest absolute Gasteiger partial charge is 0.366 e. The van der Waals surface area contributed by atoms with Crippen molar-refractivity contribution >= 4 is 5.82 Å². The molecule has 0 aliphatic carbocycles. The Balaban J connectivity index is 1.89. The van der Waals surface area contributed by atoms with Gasteiger partial charge >= 0.3 is 0 Å². The molecule has 0 spiro atoms. The van der Waals surface area contributed by atoms with Crippen LogP contribution >= 0.6 is 0 Å². The number of nitrogens with one attached hydrogen (secondary N) is 2. The number of hydrogen-bond donors (Lipinski definition) is 2. The second-order valence-electron chi connectivity index (χ2n) is 3.59. The number of nitrogens with zero attached hydrogens (tertiary/aromatic N) is 2. The van der Waals surface area contributed by atoms with Crippen LogP contribution in [0.25, 0.3) is 0 Å². The van der Waals surface area contributed by atoms with E-state index in [1.807, 2.05) is 24.1 Å². The SMILES string of the molecule is Cn1cnc(NC2CCNCC2)c1. The molecule has 1 aliphatic heterocycles. The molecule has 4 heteroatoms. The van der Waals surface area contributed by atoms with E-state index in [4.69, 9.17) is 0 Å². The van der Waals surface area contributed by atoms with Gasteiger partial charge in [-0.2, -0.15) is 0 Å². The molecule has 2 heterocycles. The Labute approximate surface area is 78.4 Å². The molecule has 0 radical (unpaired) electrons. The van der Waals surface area contributed by atoms with E-state index in [-0.39, 0.29) is 0 Å². The number of aryl methyl sites for hydroxylation is 1. The first kappa shape index (κ1) is 8.56. The third-order valence-corrected chi connectivity index (χ3v) is 2.40. The Kier molecular flexibility index (Phi) is 2.49. The Hall–Kier alpha value is -1.03. The lowest BCUT2D eigenvalue weighted by molar-refractivity contribution is 0.478. The Morgan fingerprint density at radius 2 is 2.31 bits per heavy atom. The second-order valence-corrected chi connectivity index (χ2v) is 3.59. The summed E-state index contributed by atoms with van der Waals surface area (Å²) in [5.41, 5.74) is 0. The molecule has 0 atom stereocenters. The maximum atomic E-state index is 4.24. The molecule has 0 saturated carbocycles. The summed E-state index contributed by atoms with van der Waals surface area (Å²) in [5.74, 6) is 0.995. The first-order chi connectivity index (χ1) is 6.34. The predicted molar refractivity (Wildman–Crippen MR) is 52.7 cm³/mol. The summed E-state index contributed by atoms with van der Waals surface area (Å²) in [6.45, 7) is 2.23. The molecule has 1 fully saturated rings. The molecule has 1 aromatic rings. The Morgan fingerprint density at radius 1 is 1.54 bits per heavy atom. The van der Waals surface area contributed by atoms with E-state index in [2.05, 4.69) is 15.6 Å². The second kappa shape index (κ2) is 3.79. The van der Waals surface area contributed by atoms with E-state index in [1.54, 1.807) is 0 Å². The minimum atomic E-state index is 0.594. The summed E-state index contributed by atoms with van der Waals surface area (Å²) >= 11 is 0. The quantitative estimate of drug-likeness (QED) is 0.699. The van der Waals surface area contributed by atoms with Gasteiger partial charge in [0.25, 0.3) is 0 Å². The molecule has 0 aromatic carbocycles. The van der Waals surface area contributed by atoms with Crippen molar-refractivity contribution in [3.63, 3.8) is 0 Å². The van der Waals surface area contributed by atoms with Crippen molar-refractivity contribution in [2.75, 3.05) is 18.4 Å². The summed E-state index contributed by atoms with van der Waals surface area (Å²) in [7, 11) is 1.99. The van der Waals surface area contributed by atoms with E-state index >= 15 is 0 Å². The highest BCUT2D eigenvalue weighted by Gasteiger charge is 2.12. The lowest BCUT2D eigenvalue weighted by Crippen LogP contribution is -2.35. The van der Waals surface area contributed by atoms with Crippen LogP contribution in [-0.2, 0) is 7.05 Å². The van der Waals surface area contributed by atoms with Gasteiger partial charge in [-0.25, -0.2) is 4.98 Å². The first-order valence-electron chi connectivity index (χ1n) is 4.80. The standard InChI is InChI=1S/C9H16N4/c1-13-6-9(11-7-13)12-8-2-4-10-5-3-8/h6-8,10,12H,2-5H2,1H3. The van der Waals surface area contributed by atoms with Gasteiger partial charge in [-0.3, -0.25) is 0 Å². The maximum Gasteiger partial charge on any atom is 0.144 e. The molecular formula is C9H16N4. The van der Waals surface area contributed by atoms with Gasteiger partial charge in [-0.05, 0) is 25.9 Å². The van der Waals surface area contributed by atoms with Gasteiger partial charge in [-0.1, -0.05) is 0 Å². The van der Waals surface area contributed by atoms with Crippen molar-refractivity contribution in [3.8, 4) is 0 Å². The van der Waals surface area contributed by atoms with E-state index in [9.17, 15) is 0 Å². The zero-order valence-electron chi connectivity index (χ0n) is 7.95. The molecule has 1 saturated heterocycles. The fraction of sp³-hybridized carbons (Fsp3) is 0.667. The molecular weight excluding hydrogens is 164 g/mol. The summed E-state index contributed by atoms with van der Waals surface area (Å²) < 4.78 is 1.96. The van der Waals surface area contributed by atoms with Crippen molar-refractivity contribution in [3.05, 3.63) is 12.5 Å². The zero-order valence-corrected chi connectivity index (χ0v) is 7.95. The van der Waals surface area contributed by atoms with Gasteiger partial charge in [0.1, 0.15) is 5.82 Å². The van der Waals surface area contributed by atoms with Crippen molar-refractivity contribution in [1.29, 1.82) is 0 Å². The van der Waals surface area contributed by atoms with Crippen molar-refractivity contribution in [2.24, 2.45) is 7.05 Å². The number of rotatable bonds is 2. The molecule has 1 aliphatic rings. The molecule has 1 aromatic heterocycles. The van der Waals surface area contributed by atoms with Crippen LogP contribution in [0, 0.1) is 0 Å². The zero-order chi connectivity index (χ0) is 9.10. The highest BCUT2D eigenvalue weighted by Crippen LogP contribution is 2.10. The Bertz CT molecular complexity index is 262. The average molecular weight is 180 g/mol. The highest BCUT2D eigenvalue weighted by atomic mass is 15.1. The van der Waals surface area contributed by atoms with E-state index in [1.165, 1.54) is 12.8 Å². The summed E-state index contributed by atoms with van der Waals surface area (Å²) in [6.07, 6.45) is 6.22. The molecule has 2 N–H and O–H groups in total. The van der Waals surface area contributed by atoms with Gasteiger partial charge in [0.15, 0.2) is 0 Å². The number of piperidine rings is 1. The number of anilines is 1. The monoisotopic (exact) mass is 180 g/mol. The van der Waals surface area contributed by atoms with Crippen molar-refractivity contribution in [2.45, 2.75) is 18.9 Å². The Morgan fingerprint density at radius 3 is 2.92 bits per heavy atom. The van der Waals surface area contributed by atoms with Crippen LogP contribution < -0.4 is 10.6 Å². The van der Waals surface area contributed by atoms with Crippen LogP contribution in [0.5, 0.6) is 0 Å². The number of aromatic nitrogens is 2. The van der Waals surface area contributed by atoms with Crippen LogP contribution in [0.3, 0.4) is 0 Å². The topological polar surface area (TPSA) is 41.9 Å². The van der Waals surface area contributed by atoms with Crippen LogP contribution in [0.2, 0.25) is 0 Å². The number of hydrogen-bond acceptors (Lipinski definition) is 3. The predicted octanol–water partition coefficient (Wildman–Crippen LogP) is 0.584. The van der Waals surface area contributed by atoms with Gasteiger partial charge in [0.05, 0.1) is 6.33 Å². The van der Waals surface area contributed by atoms with Crippen LogP contribution in [0.1, 0.15) is 12.8 Å². The van der Waals surface area contributed by atoms with Crippen molar-refractivity contribution < 1.29 is 0 Å². The maximum absolute atomic E-state index is 4.24. The minimum Gasteiger partial charge on any atom is -0.366 e. The third kappa shape index (κ3) is 2.21. The molecule has 13 heavy (non-hydrogen) atoms. The summed E-state index contributed by atoms with van der Waals surface area (Å²) in [4.78, 5) is 4.24. The van der Waals surface area contributed by atoms with E-state index in [0.29, 0.717) is 6.04 Å². The molecule has 0 unspecified atom stereocenters. The molecule has 2 rings (SSSR count). The fourth-order valence-corrected chi connectivity index (χ4v) is 1.66. The minimum absolute atomic E-state index is 0.594. The van der Waals surface area contributed by atoms with Crippen LogP contribution in [-0.4, -0.2) is 28.7 Å². The smallest absolute Gasteiger partial charge is 0.144 e. The van der Waals surface area contributed by atoms with Crippen LogP contribution in [0.4, 0.5) is 5.82 Å². The average Bonchev–Trinajstić information content (AvgIpc) is 2.53. The molecule has 0 bridgehead atoms. The third-order valence-electron chi connectivity index (χ3n) is 2.40. The van der Waals surface area contributed by atoms with E-state index in [0.717, 1.165) is 18.9 Å². The molecule has 0 amide bonds. The van der Waals surface area contributed by atoms with Gasteiger partial charge in [-0.15, -0.1) is 0 Å². The normalized spacial score (nSPS) is 18.8. The van der Waals surface area contributed by atoms with Gasteiger partial charge < -0.3 is 15.2 Å². The number of imidazole rings is 1. The lowest BCUT2D eigenvalue weighted by atomic mass is 10.1. The highest BCUT2D eigenvalue weighted by molar-refractivity contribution is 5.32. The van der Waals surface area contributed by atoms with Crippen LogP contribution in [0.15, 0.2) is 12.5 Å². The van der Waals surface area contributed by atoms with Gasteiger partial charge in [0, 0.05) is 19.3 Å². The summed E-state index contributed by atoms with van der Waals surface area (Å²) in [5, 5.41) is 6.77. The fourth-order valence-electron chi connectivity index (χ4n) is 1.66. The lowest BCUT2D eigenvalue weighted by Gasteiger charge is -2.23. The van der Waals surface area contributed by atoms with Crippen molar-refractivity contribution in [1.82, 2.24) is 14.9 Å². The summed E-state index contributed by atoms with van der Waals surface area (Å²) in [6, 6.07) is 0.594. The molecule has 4 nitrogen and oxygen atoms in total. The molecule has 72 valence electrons. The van der Waals surface area contributed by atoms with Gasteiger partial charge in [0.2, 0.25) is 0 Å². The first-order valence-corrected chi connectivity index (χ1v) is 4.80.